The zero-order chi connectivity index (χ0) is 13.5. The van der Waals surface area contributed by atoms with Gasteiger partial charge in [0, 0.05) is 6.42 Å². The van der Waals surface area contributed by atoms with Gasteiger partial charge < -0.3 is 10.4 Å². The third kappa shape index (κ3) is 4.70. The molecule has 3 nitrogen and oxygen atoms in total. The average Bonchev–Trinajstić information content (AvgIpc) is 2.38. The molecule has 3 unspecified atom stereocenters. The molecule has 0 heterocycles. The summed E-state index contributed by atoms with van der Waals surface area (Å²) in [6.45, 7) is 3.69. The van der Waals surface area contributed by atoms with Crippen molar-refractivity contribution in [1.29, 1.82) is 0 Å². The van der Waals surface area contributed by atoms with Crippen LogP contribution in [0.3, 0.4) is 0 Å². The molecule has 1 aromatic rings. The Bertz CT molecular complexity index is 369. The summed E-state index contributed by atoms with van der Waals surface area (Å²) in [5, 5.41) is 12.8. The number of hydrogen-bond donors (Lipinski definition) is 2. The summed E-state index contributed by atoms with van der Waals surface area (Å²) in [4.78, 5) is 11.7. The number of nitrogens with one attached hydrogen (secondary N) is 1. The molecule has 0 radical (unpaired) electrons. The van der Waals surface area contributed by atoms with Crippen molar-refractivity contribution >= 4 is 17.7 Å². The van der Waals surface area contributed by atoms with Crippen LogP contribution in [0.4, 0.5) is 0 Å². The van der Waals surface area contributed by atoms with Crippen molar-refractivity contribution in [1.82, 2.24) is 5.32 Å². The van der Waals surface area contributed by atoms with Gasteiger partial charge in [-0.15, -0.1) is 0 Å². The number of hydrogen-bond acceptors (Lipinski definition) is 3. The normalized spacial score (nSPS) is 15.8. The van der Waals surface area contributed by atoms with Crippen LogP contribution >= 0.6 is 11.8 Å². The van der Waals surface area contributed by atoms with Crippen LogP contribution in [0.25, 0.3) is 0 Å². The van der Waals surface area contributed by atoms with Crippen LogP contribution in [0.1, 0.15) is 19.4 Å². The van der Waals surface area contributed by atoms with Gasteiger partial charge in [0.05, 0.1) is 17.4 Å². The first-order valence-electron chi connectivity index (χ1n) is 6.09. The van der Waals surface area contributed by atoms with Gasteiger partial charge in [-0.3, -0.25) is 4.79 Å². The van der Waals surface area contributed by atoms with E-state index in [1.807, 2.05) is 50.4 Å². The summed E-state index contributed by atoms with van der Waals surface area (Å²) in [7, 11) is 0. The molecule has 1 amide bonds. The molecule has 0 saturated carbocycles. The molecule has 3 atom stereocenters. The Kier molecular flexibility index (Phi) is 6.22. The molecule has 4 heteroatoms. The fourth-order valence-electron chi connectivity index (χ4n) is 1.58. The highest BCUT2D eigenvalue weighted by Crippen LogP contribution is 2.08. The molecule has 0 fully saturated rings. The summed E-state index contributed by atoms with van der Waals surface area (Å²) < 4.78 is 0. The van der Waals surface area contributed by atoms with Crippen LogP contribution in [0.15, 0.2) is 30.3 Å². The molecule has 0 saturated heterocycles. The Morgan fingerprint density at radius 1 is 1.33 bits per heavy atom. The lowest BCUT2D eigenvalue weighted by Gasteiger charge is -2.21. The van der Waals surface area contributed by atoms with Gasteiger partial charge in [0.1, 0.15) is 0 Å². The van der Waals surface area contributed by atoms with Gasteiger partial charge in [0.25, 0.3) is 0 Å². The zero-order valence-corrected chi connectivity index (χ0v) is 11.9. The average molecular weight is 267 g/mol. The SMILES string of the molecule is CSC(C)C(=O)NC(C)C(O)Cc1ccccc1. The van der Waals surface area contributed by atoms with Gasteiger partial charge >= 0.3 is 0 Å². The predicted octanol–water partition coefficient (Wildman–Crippen LogP) is 1.85. The molecule has 2 N–H and O–H groups in total. The Hall–Kier alpha value is -1.00. The molecule has 1 aromatic carbocycles. The van der Waals surface area contributed by atoms with Crippen molar-refractivity contribution < 1.29 is 9.90 Å². The van der Waals surface area contributed by atoms with E-state index in [4.69, 9.17) is 0 Å². The fraction of sp³-hybridized carbons (Fsp3) is 0.500. The lowest BCUT2D eigenvalue weighted by molar-refractivity contribution is -0.121. The van der Waals surface area contributed by atoms with E-state index in [0.29, 0.717) is 6.42 Å². The maximum atomic E-state index is 11.7. The van der Waals surface area contributed by atoms with Crippen molar-refractivity contribution in [2.75, 3.05) is 6.26 Å². The molecule has 0 aromatic heterocycles. The highest BCUT2D eigenvalue weighted by molar-refractivity contribution is 7.99. The van der Waals surface area contributed by atoms with Crippen molar-refractivity contribution in [3.8, 4) is 0 Å². The first-order valence-corrected chi connectivity index (χ1v) is 7.38. The minimum atomic E-state index is -0.564. The molecule has 0 bridgehead atoms. The third-order valence-corrected chi connectivity index (χ3v) is 3.88. The summed E-state index contributed by atoms with van der Waals surface area (Å²) in [6.07, 6.45) is 1.89. The standard InChI is InChI=1S/C14H21NO2S/c1-10(15-14(17)11(2)18-3)13(16)9-12-7-5-4-6-8-12/h4-8,10-11,13,16H,9H2,1-3H3,(H,15,17). The van der Waals surface area contributed by atoms with Crippen LogP contribution < -0.4 is 5.32 Å². The minimum absolute atomic E-state index is 0.0258. The van der Waals surface area contributed by atoms with Crippen LogP contribution in [0.5, 0.6) is 0 Å². The molecule has 0 aliphatic rings. The first-order chi connectivity index (χ1) is 8.54. The molecule has 18 heavy (non-hydrogen) atoms. The number of rotatable bonds is 6. The van der Waals surface area contributed by atoms with Gasteiger partial charge in [-0.25, -0.2) is 0 Å². The summed E-state index contributed by atoms with van der Waals surface area (Å²) in [5.74, 6) is -0.0258. The van der Waals surface area contributed by atoms with E-state index in [1.165, 1.54) is 11.8 Å². The first kappa shape index (κ1) is 15.1. The summed E-state index contributed by atoms with van der Waals surface area (Å²) >= 11 is 1.50. The van der Waals surface area contributed by atoms with Crippen molar-refractivity contribution in [3.05, 3.63) is 35.9 Å². The van der Waals surface area contributed by atoms with Crippen LogP contribution in [0.2, 0.25) is 0 Å². The topological polar surface area (TPSA) is 49.3 Å². The smallest absolute Gasteiger partial charge is 0.233 e. The maximum Gasteiger partial charge on any atom is 0.233 e. The lowest BCUT2D eigenvalue weighted by atomic mass is 10.0. The van der Waals surface area contributed by atoms with E-state index in [0.717, 1.165) is 5.56 Å². The molecule has 0 aliphatic heterocycles. The number of aliphatic hydroxyl groups is 1. The molecule has 100 valence electrons. The van der Waals surface area contributed by atoms with Gasteiger partial charge in [0.15, 0.2) is 0 Å². The molecule has 0 spiro atoms. The van der Waals surface area contributed by atoms with Crippen LogP contribution in [0, 0.1) is 0 Å². The van der Waals surface area contributed by atoms with Crippen molar-refractivity contribution in [2.45, 2.75) is 37.7 Å². The Labute approximate surface area is 113 Å². The molecular formula is C14H21NO2S. The monoisotopic (exact) mass is 267 g/mol. The second kappa shape index (κ2) is 7.44. The van der Waals surface area contributed by atoms with Crippen molar-refractivity contribution in [2.24, 2.45) is 0 Å². The second-order valence-electron chi connectivity index (χ2n) is 4.43. The van der Waals surface area contributed by atoms with Crippen LogP contribution in [-0.4, -0.2) is 34.7 Å². The minimum Gasteiger partial charge on any atom is -0.391 e. The van der Waals surface area contributed by atoms with E-state index in [1.54, 1.807) is 0 Å². The molecule has 0 aliphatic carbocycles. The number of carbonyl (C=O) groups is 1. The highest BCUT2D eigenvalue weighted by atomic mass is 32.2. The second-order valence-corrected chi connectivity index (χ2v) is 5.61. The highest BCUT2D eigenvalue weighted by Gasteiger charge is 2.19. The molecular weight excluding hydrogens is 246 g/mol. The maximum absolute atomic E-state index is 11.7. The summed E-state index contributed by atoms with van der Waals surface area (Å²) in [6, 6.07) is 9.54. The lowest BCUT2D eigenvalue weighted by Crippen LogP contribution is -2.44. The number of thioether (sulfide) groups is 1. The number of benzene rings is 1. The summed E-state index contributed by atoms with van der Waals surface area (Å²) in [5.41, 5.74) is 1.07. The van der Waals surface area contributed by atoms with Gasteiger partial charge in [-0.1, -0.05) is 30.3 Å². The van der Waals surface area contributed by atoms with E-state index < -0.39 is 6.10 Å². The number of carbonyl (C=O) groups excluding carboxylic acids is 1. The van der Waals surface area contributed by atoms with E-state index in [9.17, 15) is 9.90 Å². The predicted molar refractivity (Wildman–Crippen MR) is 76.7 cm³/mol. The largest absolute Gasteiger partial charge is 0.391 e. The Morgan fingerprint density at radius 3 is 2.50 bits per heavy atom. The zero-order valence-electron chi connectivity index (χ0n) is 11.1. The Balaban J connectivity index is 2.47. The van der Waals surface area contributed by atoms with Crippen LogP contribution in [-0.2, 0) is 11.2 Å². The van der Waals surface area contributed by atoms with Crippen molar-refractivity contribution in [3.63, 3.8) is 0 Å². The molecule has 1 rings (SSSR count). The van der Waals surface area contributed by atoms with E-state index in [-0.39, 0.29) is 17.2 Å². The van der Waals surface area contributed by atoms with Gasteiger partial charge in [-0.2, -0.15) is 11.8 Å². The third-order valence-electron chi connectivity index (χ3n) is 2.96. The van der Waals surface area contributed by atoms with E-state index in [2.05, 4.69) is 5.32 Å². The van der Waals surface area contributed by atoms with E-state index >= 15 is 0 Å². The number of aliphatic hydroxyl groups excluding tert-OH is 1. The number of amides is 1. The van der Waals surface area contributed by atoms with Gasteiger partial charge in [-0.05, 0) is 25.7 Å². The fourth-order valence-corrected chi connectivity index (χ4v) is 1.86. The van der Waals surface area contributed by atoms with Gasteiger partial charge in [0.2, 0.25) is 5.91 Å². The quantitative estimate of drug-likeness (QED) is 0.827. The Morgan fingerprint density at radius 2 is 1.94 bits per heavy atom.